The highest BCUT2D eigenvalue weighted by molar-refractivity contribution is 5.96. The molecular formula is C15H24N4O. The summed E-state index contributed by atoms with van der Waals surface area (Å²) in [5, 5.41) is 11.7. The van der Waals surface area contributed by atoms with Gasteiger partial charge in [-0.15, -0.1) is 0 Å². The van der Waals surface area contributed by atoms with Crippen LogP contribution >= 0.6 is 0 Å². The van der Waals surface area contributed by atoms with Crippen LogP contribution in [0.15, 0.2) is 29.4 Å². The van der Waals surface area contributed by atoms with Gasteiger partial charge in [-0.3, -0.25) is 4.90 Å². The molecule has 1 heterocycles. The molecule has 5 nitrogen and oxygen atoms in total. The third-order valence-electron chi connectivity index (χ3n) is 3.82. The van der Waals surface area contributed by atoms with Gasteiger partial charge in [0.2, 0.25) is 0 Å². The van der Waals surface area contributed by atoms with Crippen molar-refractivity contribution in [2.75, 3.05) is 27.2 Å². The van der Waals surface area contributed by atoms with E-state index < -0.39 is 0 Å². The Labute approximate surface area is 120 Å². The Bertz CT molecular complexity index is 455. The first-order valence-corrected chi connectivity index (χ1v) is 7.06. The molecule has 1 atom stereocenters. The summed E-state index contributed by atoms with van der Waals surface area (Å²) < 4.78 is 0. The van der Waals surface area contributed by atoms with Gasteiger partial charge in [-0.2, -0.15) is 0 Å². The molecule has 5 heteroatoms. The van der Waals surface area contributed by atoms with E-state index in [2.05, 4.69) is 41.2 Å². The second-order valence-electron chi connectivity index (χ2n) is 5.71. The highest BCUT2D eigenvalue weighted by Gasteiger charge is 2.24. The average molecular weight is 276 g/mol. The summed E-state index contributed by atoms with van der Waals surface area (Å²) in [6, 6.07) is 8.56. The van der Waals surface area contributed by atoms with Gasteiger partial charge in [0.25, 0.3) is 0 Å². The molecule has 0 aromatic heterocycles. The molecule has 0 bridgehead atoms. The van der Waals surface area contributed by atoms with Crippen molar-refractivity contribution < 1.29 is 5.21 Å². The van der Waals surface area contributed by atoms with E-state index in [0.29, 0.717) is 6.04 Å². The quantitative estimate of drug-likeness (QED) is 0.368. The number of nitrogens with zero attached hydrogens (tertiary/aromatic N) is 3. The van der Waals surface area contributed by atoms with E-state index in [-0.39, 0.29) is 5.84 Å². The Hall–Kier alpha value is -1.59. The molecule has 1 unspecified atom stereocenters. The number of nitrogens with two attached hydrogens (primary N) is 1. The van der Waals surface area contributed by atoms with Gasteiger partial charge >= 0.3 is 0 Å². The van der Waals surface area contributed by atoms with Crippen LogP contribution in [0.25, 0.3) is 0 Å². The van der Waals surface area contributed by atoms with Crippen LogP contribution in [0, 0.1) is 0 Å². The third kappa shape index (κ3) is 3.71. The second kappa shape index (κ2) is 6.72. The van der Waals surface area contributed by atoms with Gasteiger partial charge in [-0.25, -0.2) is 0 Å². The van der Waals surface area contributed by atoms with Crippen molar-refractivity contribution >= 4 is 5.84 Å². The SMILES string of the molecule is CN(C)CC1CCCN1Cc1ccc(C(N)=NO)cc1. The minimum atomic E-state index is 0.156. The van der Waals surface area contributed by atoms with Crippen molar-refractivity contribution in [2.24, 2.45) is 10.9 Å². The van der Waals surface area contributed by atoms with Crippen molar-refractivity contribution in [3.05, 3.63) is 35.4 Å². The van der Waals surface area contributed by atoms with Crippen LogP contribution in [0.2, 0.25) is 0 Å². The first kappa shape index (κ1) is 14.8. The number of rotatable bonds is 5. The van der Waals surface area contributed by atoms with E-state index in [9.17, 15) is 0 Å². The van der Waals surface area contributed by atoms with E-state index in [4.69, 9.17) is 10.9 Å². The predicted octanol–water partition coefficient (Wildman–Crippen LogP) is 1.31. The normalized spacial score (nSPS) is 20.8. The molecule has 1 saturated heterocycles. The zero-order chi connectivity index (χ0) is 14.5. The van der Waals surface area contributed by atoms with Crippen LogP contribution in [0.5, 0.6) is 0 Å². The zero-order valence-corrected chi connectivity index (χ0v) is 12.3. The Morgan fingerprint density at radius 2 is 2.10 bits per heavy atom. The summed E-state index contributed by atoms with van der Waals surface area (Å²) in [7, 11) is 4.25. The van der Waals surface area contributed by atoms with E-state index in [1.807, 2.05) is 12.1 Å². The molecule has 2 rings (SSSR count). The molecule has 20 heavy (non-hydrogen) atoms. The molecule has 3 N–H and O–H groups in total. The van der Waals surface area contributed by atoms with Crippen LogP contribution < -0.4 is 5.73 Å². The van der Waals surface area contributed by atoms with Crippen molar-refractivity contribution in [1.82, 2.24) is 9.80 Å². The Morgan fingerprint density at radius 1 is 1.40 bits per heavy atom. The lowest BCUT2D eigenvalue weighted by molar-refractivity contribution is 0.201. The number of hydrogen-bond donors (Lipinski definition) is 2. The van der Waals surface area contributed by atoms with Crippen LogP contribution in [0.3, 0.4) is 0 Å². The first-order valence-electron chi connectivity index (χ1n) is 7.06. The molecule has 0 amide bonds. The van der Waals surface area contributed by atoms with Crippen molar-refractivity contribution in [2.45, 2.75) is 25.4 Å². The third-order valence-corrected chi connectivity index (χ3v) is 3.82. The van der Waals surface area contributed by atoms with E-state index in [1.165, 1.54) is 24.9 Å². The minimum absolute atomic E-state index is 0.156. The van der Waals surface area contributed by atoms with E-state index >= 15 is 0 Å². The largest absolute Gasteiger partial charge is 0.409 e. The van der Waals surface area contributed by atoms with Crippen molar-refractivity contribution in [3.63, 3.8) is 0 Å². The summed E-state index contributed by atoms with van der Waals surface area (Å²) in [5.74, 6) is 0.156. The average Bonchev–Trinajstić information content (AvgIpc) is 2.85. The fourth-order valence-electron chi connectivity index (χ4n) is 2.80. The summed E-state index contributed by atoms with van der Waals surface area (Å²) in [4.78, 5) is 4.79. The molecule has 1 aliphatic rings. The number of likely N-dealkylation sites (N-methyl/N-ethyl adjacent to an activating group) is 1. The van der Waals surface area contributed by atoms with Crippen LogP contribution in [0.1, 0.15) is 24.0 Å². The van der Waals surface area contributed by atoms with Crippen LogP contribution in [0.4, 0.5) is 0 Å². The maximum absolute atomic E-state index is 8.66. The summed E-state index contributed by atoms with van der Waals surface area (Å²) in [6.45, 7) is 3.25. The highest BCUT2D eigenvalue weighted by atomic mass is 16.4. The number of amidine groups is 1. The fraction of sp³-hybridized carbons (Fsp3) is 0.533. The standard InChI is InChI=1S/C15H24N4O/c1-18(2)11-14-4-3-9-19(14)10-12-5-7-13(8-6-12)15(16)17-20/h5-8,14,20H,3-4,9-11H2,1-2H3,(H2,16,17). The molecule has 0 aliphatic carbocycles. The van der Waals surface area contributed by atoms with Gasteiger partial charge in [0.15, 0.2) is 5.84 Å². The molecule has 1 aromatic carbocycles. The molecule has 1 fully saturated rings. The predicted molar refractivity (Wildman–Crippen MR) is 80.9 cm³/mol. The number of benzene rings is 1. The van der Waals surface area contributed by atoms with Gasteiger partial charge < -0.3 is 15.8 Å². The van der Waals surface area contributed by atoms with Gasteiger partial charge in [-0.1, -0.05) is 29.4 Å². The van der Waals surface area contributed by atoms with E-state index in [1.54, 1.807) is 0 Å². The topological polar surface area (TPSA) is 65.1 Å². The van der Waals surface area contributed by atoms with Gasteiger partial charge in [0, 0.05) is 24.7 Å². The molecule has 0 spiro atoms. The van der Waals surface area contributed by atoms with Crippen molar-refractivity contribution in [3.8, 4) is 0 Å². The lowest BCUT2D eigenvalue weighted by atomic mass is 10.1. The molecular weight excluding hydrogens is 252 g/mol. The zero-order valence-electron chi connectivity index (χ0n) is 12.3. The van der Waals surface area contributed by atoms with E-state index in [0.717, 1.165) is 18.7 Å². The second-order valence-corrected chi connectivity index (χ2v) is 5.71. The fourth-order valence-corrected chi connectivity index (χ4v) is 2.80. The Kier molecular flexibility index (Phi) is 4.98. The molecule has 0 radical (unpaired) electrons. The van der Waals surface area contributed by atoms with Crippen LogP contribution in [-0.2, 0) is 6.54 Å². The molecule has 110 valence electrons. The maximum atomic E-state index is 8.66. The van der Waals surface area contributed by atoms with Crippen LogP contribution in [-0.4, -0.2) is 54.1 Å². The Balaban J connectivity index is 1.99. The van der Waals surface area contributed by atoms with Gasteiger partial charge in [0.05, 0.1) is 0 Å². The lowest BCUT2D eigenvalue weighted by Crippen LogP contribution is -2.37. The minimum Gasteiger partial charge on any atom is -0.409 e. The number of likely N-dealkylation sites (tertiary alicyclic amines) is 1. The van der Waals surface area contributed by atoms with Gasteiger partial charge in [-0.05, 0) is 39.0 Å². The first-order chi connectivity index (χ1) is 9.60. The Morgan fingerprint density at radius 3 is 2.70 bits per heavy atom. The monoisotopic (exact) mass is 276 g/mol. The van der Waals surface area contributed by atoms with Gasteiger partial charge in [0.1, 0.15) is 0 Å². The summed E-state index contributed by atoms with van der Waals surface area (Å²) >= 11 is 0. The summed E-state index contributed by atoms with van der Waals surface area (Å²) in [5.41, 5.74) is 7.59. The molecule has 1 aliphatic heterocycles. The molecule has 1 aromatic rings. The molecule has 0 saturated carbocycles. The highest BCUT2D eigenvalue weighted by Crippen LogP contribution is 2.20. The number of hydrogen-bond acceptors (Lipinski definition) is 4. The van der Waals surface area contributed by atoms with Crippen molar-refractivity contribution in [1.29, 1.82) is 0 Å². The lowest BCUT2D eigenvalue weighted by Gasteiger charge is -2.27. The maximum Gasteiger partial charge on any atom is 0.170 e. The smallest absolute Gasteiger partial charge is 0.170 e. The number of oxime groups is 1. The summed E-state index contributed by atoms with van der Waals surface area (Å²) in [6.07, 6.45) is 2.56.